The van der Waals surface area contributed by atoms with Gasteiger partial charge in [0.1, 0.15) is 0 Å². The van der Waals surface area contributed by atoms with Gasteiger partial charge in [-0.05, 0) is 95.4 Å². The van der Waals surface area contributed by atoms with Crippen molar-refractivity contribution in [3.8, 4) is 33.4 Å². The van der Waals surface area contributed by atoms with Gasteiger partial charge in [-0.15, -0.1) is 11.3 Å². The van der Waals surface area contributed by atoms with Crippen molar-refractivity contribution >= 4 is 63.8 Å². The molecule has 1 aromatic heterocycles. The molecule has 0 radical (unpaired) electrons. The largest absolute Gasteiger partial charge is 0.135 e. The first-order valence-electron chi connectivity index (χ1n) is 16.5. The first kappa shape index (κ1) is 26.0. The number of thiophene rings is 1. The SMILES string of the molecule is [2H]c1ccc2cc(-c3ccc(-c4c5ccccc5c(-c5cccc6sc7cc(C(C)C)ccc7c56)c5ccccc45)cc3)ccc2c1. The van der Waals surface area contributed by atoms with Gasteiger partial charge < -0.3 is 0 Å². The second kappa shape index (κ2) is 10.7. The zero-order valence-electron chi connectivity index (χ0n) is 26.8. The van der Waals surface area contributed by atoms with Gasteiger partial charge in [0.15, 0.2) is 0 Å². The quantitative estimate of drug-likeness (QED) is 0.175. The maximum Gasteiger partial charge on any atom is 0.0623 e. The lowest BCUT2D eigenvalue weighted by Crippen LogP contribution is -1.91. The molecule has 0 amide bonds. The van der Waals surface area contributed by atoms with Gasteiger partial charge in [-0.2, -0.15) is 0 Å². The van der Waals surface area contributed by atoms with Crippen molar-refractivity contribution in [3.05, 3.63) is 157 Å². The molecule has 8 aromatic carbocycles. The molecule has 0 N–H and O–H groups in total. The highest BCUT2D eigenvalue weighted by atomic mass is 32.1. The summed E-state index contributed by atoms with van der Waals surface area (Å²) in [6.07, 6.45) is 0. The molecule has 218 valence electrons. The molecular weight excluding hydrogens is 573 g/mol. The Balaban J connectivity index is 1.26. The highest BCUT2D eigenvalue weighted by Gasteiger charge is 2.20. The molecule has 0 bridgehead atoms. The molecule has 0 fully saturated rings. The van der Waals surface area contributed by atoms with Crippen LogP contribution in [0.5, 0.6) is 0 Å². The molecule has 0 saturated heterocycles. The molecule has 0 aliphatic rings. The van der Waals surface area contributed by atoms with Crippen LogP contribution in [0.25, 0.3) is 85.9 Å². The Bertz CT molecular complexity index is 2600. The van der Waals surface area contributed by atoms with E-state index >= 15 is 0 Å². The van der Waals surface area contributed by atoms with E-state index in [0.29, 0.717) is 12.0 Å². The Kier molecular flexibility index (Phi) is 6.05. The van der Waals surface area contributed by atoms with Gasteiger partial charge >= 0.3 is 0 Å². The van der Waals surface area contributed by atoms with E-state index in [9.17, 15) is 0 Å². The van der Waals surface area contributed by atoms with Crippen LogP contribution in [0.2, 0.25) is 0 Å². The van der Waals surface area contributed by atoms with Gasteiger partial charge in [0, 0.05) is 20.2 Å². The first-order valence-corrected chi connectivity index (χ1v) is 16.9. The summed E-state index contributed by atoms with van der Waals surface area (Å²) in [5.41, 5.74) is 8.86. The summed E-state index contributed by atoms with van der Waals surface area (Å²) in [5, 5.41) is 10.0. The second-order valence-electron chi connectivity index (χ2n) is 12.6. The average molecular weight is 606 g/mol. The topological polar surface area (TPSA) is 0 Å². The maximum atomic E-state index is 7.96. The van der Waals surface area contributed by atoms with Crippen LogP contribution in [-0.4, -0.2) is 0 Å². The minimum Gasteiger partial charge on any atom is -0.135 e. The lowest BCUT2D eigenvalue weighted by atomic mass is 9.84. The van der Waals surface area contributed by atoms with E-state index in [1.165, 1.54) is 80.7 Å². The smallest absolute Gasteiger partial charge is 0.0623 e. The predicted molar refractivity (Wildman–Crippen MR) is 202 cm³/mol. The Morgan fingerprint density at radius 2 is 1.15 bits per heavy atom. The van der Waals surface area contributed by atoms with Crippen molar-refractivity contribution < 1.29 is 1.37 Å². The fraction of sp³-hybridized carbons (Fsp3) is 0.0667. The average Bonchev–Trinajstić information content (AvgIpc) is 3.49. The van der Waals surface area contributed by atoms with Crippen LogP contribution in [0.4, 0.5) is 0 Å². The molecule has 0 nitrogen and oxygen atoms in total. The summed E-state index contributed by atoms with van der Waals surface area (Å²) < 4.78 is 10.6. The first-order chi connectivity index (χ1) is 23.0. The van der Waals surface area contributed by atoms with Gasteiger partial charge in [0.2, 0.25) is 0 Å². The van der Waals surface area contributed by atoms with Crippen molar-refractivity contribution in [2.45, 2.75) is 19.8 Å². The molecule has 9 rings (SSSR count). The fourth-order valence-electron chi connectivity index (χ4n) is 7.27. The summed E-state index contributed by atoms with van der Waals surface area (Å²) >= 11 is 1.91. The minimum atomic E-state index is 0.504. The highest BCUT2D eigenvalue weighted by molar-refractivity contribution is 7.26. The van der Waals surface area contributed by atoms with Gasteiger partial charge in [-0.1, -0.05) is 147 Å². The number of hydrogen-bond donors (Lipinski definition) is 0. The van der Waals surface area contributed by atoms with Gasteiger partial charge in [-0.25, -0.2) is 0 Å². The fourth-order valence-corrected chi connectivity index (χ4v) is 8.46. The van der Waals surface area contributed by atoms with Crippen LogP contribution >= 0.6 is 11.3 Å². The Morgan fingerprint density at radius 1 is 0.478 bits per heavy atom. The van der Waals surface area contributed by atoms with E-state index in [1.54, 1.807) is 0 Å². The van der Waals surface area contributed by atoms with Gasteiger partial charge in [0.05, 0.1) is 1.37 Å². The van der Waals surface area contributed by atoms with E-state index in [-0.39, 0.29) is 0 Å². The summed E-state index contributed by atoms with van der Waals surface area (Å²) in [6.45, 7) is 4.54. The van der Waals surface area contributed by atoms with Crippen LogP contribution < -0.4 is 0 Å². The van der Waals surface area contributed by atoms with Crippen molar-refractivity contribution in [3.63, 3.8) is 0 Å². The molecule has 46 heavy (non-hydrogen) atoms. The van der Waals surface area contributed by atoms with Crippen molar-refractivity contribution in [1.82, 2.24) is 0 Å². The molecule has 0 atom stereocenters. The zero-order chi connectivity index (χ0) is 31.6. The molecule has 1 heterocycles. The normalized spacial score (nSPS) is 12.2. The third-order valence-corrected chi connectivity index (χ3v) is 10.7. The molecule has 1 heteroatoms. The van der Waals surface area contributed by atoms with E-state index in [4.69, 9.17) is 1.37 Å². The standard InChI is InChI=1S/C45H32S/c1-28(2)32-24-25-39-42(27-32)46-41-17-9-16-40(45(39)41)44-37-14-7-5-12-35(37)43(36-13-6-8-15-38(36)44)31-21-18-30(19-22-31)34-23-20-29-10-3-4-11-33(29)26-34/h3-28H,1-2H3/i3D. The Hall–Kier alpha value is -5.24. The molecular formula is C45H32S. The van der Waals surface area contributed by atoms with Crippen LogP contribution in [-0.2, 0) is 0 Å². The monoisotopic (exact) mass is 605 g/mol. The number of benzene rings is 8. The minimum absolute atomic E-state index is 0.504. The summed E-state index contributed by atoms with van der Waals surface area (Å²) in [5.74, 6) is 0.504. The van der Waals surface area contributed by atoms with Crippen LogP contribution in [0.1, 0.15) is 26.7 Å². The second-order valence-corrected chi connectivity index (χ2v) is 13.7. The summed E-state index contributed by atoms with van der Waals surface area (Å²) in [6, 6.07) is 53.7. The molecule has 0 aliphatic heterocycles. The van der Waals surface area contributed by atoms with E-state index < -0.39 is 0 Å². The molecule has 0 unspecified atom stereocenters. The van der Waals surface area contributed by atoms with Gasteiger partial charge in [0.25, 0.3) is 0 Å². The third kappa shape index (κ3) is 4.27. The summed E-state index contributed by atoms with van der Waals surface area (Å²) in [7, 11) is 0. The molecule has 0 saturated carbocycles. The van der Waals surface area contributed by atoms with Crippen molar-refractivity contribution in [2.24, 2.45) is 0 Å². The lowest BCUT2D eigenvalue weighted by Gasteiger charge is -2.18. The Morgan fingerprint density at radius 3 is 1.87 bits per heavy atom. The van der Waals surface area contributed by atoms with E-state index in [1.807, 2.05) is 29.5 Å². The van der Waals surface area contributed by atoms with Crippen molar-refractivity contribution in [1.29, 1.82) is 0 Å². The summed E-state index contributed by atoms with van der Waals surface area (Å²) in [4.78, 5) is 0. The molecule has 9 aromatic rings. The predicted octanol–water partition coefficient (Wildman–Crippen LogP) is 13.6. The molecule has 0 aliphatic carbocycles. The molecule has 0 spiro atoms. The highest BCUT2D eigenvalue weighted by Crippen LogP contribution is 2.48. The van der Waals surface area contributed by atoms with Crippen LogP contribution in [0, 0.1) is 0 Å². The number of hydrogen-bond acceptors (Lipinski definition) is 1. The lowest BCUT2D eigenvalue weighted by molar-refractivity contribution is 0.869. The number of fused-ring (bicyclic) bond motifs is 6. The Labute approximate surface area is 274 Å². The van der Waals surface area contributed by atoms with E-state index in [2.05, 4.69) is 141 Å². The van der Waals surface area contributed by atoms with Crippen LogP contribution in [0.3, 0.4) is 0 Å². The van der Waals surface area contributed by atoms with Crippen molar-refractivity contribution in [2.75, 3.05) is 0 Å². The van der Waals surface area contributed by atoms with Crippen LogP contribution in [0.15, 0.2) is 152 Å². The van der Waals surface area contributed by atoms with E-state index in [0.717, 1.165) is 10.8 Å². The van der Waals surface area contributed by atoms with Gasteiger partial charge in [-0.3, -0.25) is 0 Å². The maximum absolute atomic E-state index is 7.96. The zero-order valence-corrected chi connectivity index (χ0v) is 26.7. The number of rotatable bonds is 4. The third-order valence-electron chi connectivity index (χ3n) is 9.58.